The lowest BCUT2D eigenvalue weighted by Crippen LogP contribution is -2.47. The molecule has 1 rings (SSSR count). The molecule has 0 radical (unpaired) electrons. The number of thioether (sulfide) groups is 1. The fourth-order valence-electron chi connectivity index (χ4n) is 2.44. The summed E-state index contributed by atoms with van der Waals surface area (Å²) in [5, 5.41) is 3.50. The minimum absolute atomic E-state index is 0.00768. The van der Waals surface area contributed by atoms with Crippen LogP contribution < -0.4 is 5.32 Å². The highest BCUT2D eigenvalue weighted by molar-refractivity contribution is 7.98. The normalized spacial score (nSPS) is 27.3. The number of carbonyl (C=O) groups is 1. The van der Waals surface area contributed by atoms with Crippen LogP contribution in [-0.4, -0.2) is 41.1 Å². The predicted molar refractivity (Wildman–Crippen MR) is 75.1 cm³/mol. The molecule has 100 valence electrons. The van der Waals surface area contributed by atoms with Crippen molar-refractivity contribution in [2.75, 3.05) is 12.0 Å². The van der Waals surface area contributed by atoms with Gasteiger partial charge in [-0.25, -0.2) is 0 Å². The van der Waals surface area contributed by atoms with Gasteiger partial charge in [0.2, 0.25) is 5.91 Å². The van der Waals surface area contributed by atoms with Crippen LogP contribution in [0, 0.1) is 11.8 Å². The Morgan fingerprint density at radius 2 is 1.82 bits per heavy atom. The summed E-state index contributed by atoms with van der Waals surface area (Å²) in [7, 11) is 0. The monoisotopic (exact) mass is 258 g/mol. The van der Waals surface area contributed by atoms with Crippen molar-refractivity contribution >= 4 is 17.7 Å². The summed E-state index contributed by atoms with van der Waals surface area (Å²) in [5.74, 6) is 2.09. The number of hydrogen-bond acceptors (Lipinski definition) is 3. The van der Waals surface area contributed by atoms with Gasteiger partial charge in [0.15, 0.2) is 0 Å². The zero-order valence-electron chi connectivity index (χ0n) is 11.9. The molecule has 1 N–H and O–H groups in total. The largest absolute Gasteiger partial charge is 0.322 e. The van der Waals surface area contributed by atoms with Gasteiger partial charge in [-0.1, -0.05) is 27.7 Å². The Kier molecular flexibility index (Phi) is 5.32. The summed E-state index contributed by atoms with van der Waals surface area (Å²) in [6.07, 6.45) is 2.28. The maximum Gasteiger partial charge on any atom is 0.241 e. The Balaban J connectivity index is 2.86. The second-order valence-corrected chi connectivity index (χ2v) is 6.54. The van der Waals surface area contributed by atoms with Crippen molar-refractivity contribution in [3.05, 3.63) is 0 Å². The van der Waals surface area contributed by atoms with Gasteiger partial charge in [-0.3, -0.25) is 10.1 Å². The highest BCUT2D eigenvalue weighted by Crippen LogP contribution is 2.24. The maximum atomic E-state index is 12.4. The van der Waals surface area contributed by atoms with Crippen LogP contribution >= 0.6 is 11.8 Å². The van der Waals surface area contributed by atoms with Gasteiger partial charge in [0.05, 0.1) is 12.2 Å². The van der Waals surface area contributed by atoms with E-state index in [1.54, 1.807) is 11.8 Å². The van der Waals surface area contributed by atoms with E-state index in [9.17, 15) is 4.79 Å². The molecule has 1 heterocycles. The van der Waals surface area contributed by atoms with Crippen LogP contribution in [-0.2, 0) is 4.79 Å². The second-order valence-electron chi connectivity index (χ2n) is 5.63. The number of nitrogens with one attached hydrogen (secondary N) is 1. The van der Waals surface area contributed by atoms with Crippen LogP contribution in [0.25, 0.3) is 0 Å². The SMILES string of the molecule is CSCC(C)N1C(=O)C(C(C)C)NC1C(C)C. The molecule has 3 atom stereocenters. The molecule has 0 aromatic rings. The van der Waals surface area contributed by atoms with Crippen molar-refractivity contribution < 1.29 is 4.79 Å². The maximum absolute atomic E-state index is 12.4. The zero-order chi connectivity index (χ0) is 13.2. The summed E-state index contributed by atoms with van der Waals surface area (Å²) in [6, 6.07) is 0.299. The number of amides is 1. The van der Waals surface area contributed by atoms with Crippen molar-refractivity contribution in [1.82, 2.24) is 10.2 Å². The lowest BCUT2D eigenvalue weighted by Gasteiger charge is -2.32. The average molecular weight is 258 g/mol. The minimum Gasteiger partial charge on any atom is -0.322 e. The third-order valence-electron chi connectivity index (χ3n) is 3.35. The van der Waals surface area contributed by atoms with E-state index in [4.69, 9.17) is 0 Å². The third kappa shape index (κ3) is 3.16. The number of carbonyl (C=O) groups excluding carboxylic acids is 1. The van der Waals surface area contributed by atoms with E-state index in [0.29, 0.717) is 17.9 Å². The molecule has 1 aliphatic heterocycles. The molecular formula is C13H26N2OS. The van der Waals surface area contributed by atoms with Crippen LogP contribution in [0.3, 0.4) is 0 Å². The van der Waals surface area contributed by atoms with Crippen molar-refractivity contribution in [3.8, 4) is 0 Å². The van der Waals surface area contributed by atoms with Gasteiger partial charge in [-0.2, -0.15) is 11.8 Å². The molecule has 0 spiro atoms. The predicted octanol–water partition coefficient (Wildman–Crippen LogP) is 2.18. The topological polar surface area (TPSA) is 32.3 Å². The molecule has 17 heavy (non-hydrogen) atoms. The molecule has 0 aromatic heterocycles. The van der Waals surface area contributed by atoms with Gasteiger partial charge >= 0.3 is 0 Å². The summed E-state index contributed by atoms with van der Waals surface area (Å²) in [4.78, 5) is 14.5. The molecular weight excluding hydrogens is 232 g/mol. The van der Waals surface area contributed by atoms with Gasteiger partial charge in [-0.15, -0.1) is 0 Å². The zero-order valence-corrected chi connectivity index (χ0v) is 12.7. The van der Waals surface area contributed by atoms with Crippen molar-refractivity contribution in [1.29, 1.82) is 0 Å². The van der Waals surface area contributed by atoms with Gasteiger partial charge in [-0.05, 0) is 25.0 Å². The summed E-state index contributed by atoms with van der Waals surface area (Å²) in [5.41, 5.74) is 0. The molecule has 1 saturated heterocycles. The fourth-order valence-corrected chi connectivity index (χ4v) is 3.08. The lowest BCUT2D eigenvalue weighted by molar-refractivity contribution is -0.132. The molecule has 0 bridgehead atoms. The average Bonchev–Trinajstić information content (AvgIpc) is 2.56. The highest BCUT2D eigenvalue weighted by Gasteiger charge is 2.43. The van der Waals surface area contributed by atoms with E-state index < -0.39 is 0 Å². The van der Waals surface area contributed by atoms with Crippen LogP contribution in [0.1, 0.15) is 34.6 Å². The Morgan fingerprint density at radius 1 is 1.24 bits per heavy atom. The van der Waals surface area contributed by atoms with Crippen molar-refractivity contribution in [2.24, 2.45) is 11.8 Å². The Hall–Kier alpha value is -0.220. The first-order valence-corrected chi connectivity index (χ1v) is 7.86. The van der Waals surface area contributed by atoms with E-state index in [-0.39, 0.29) is 18.1 Å². The summed E-state index contributed by atoms with van der Waals surface area (Å²) >= 11 is 1.80. The van der Waals surface area contributed by atoms with Gasteiger partial charge in [0.1, 0.15) is 0 Å². The van der Waals surface area contributed by atoms with E-state index in [0.717, 1.165) is 5.75 Å². The number of rotatable bonds is 5. The van der Waals surface area contributed by atoms with E-state index >= 15 is 0 Å². The first-order valence-electron chi connectivity index (χ1n) is 6.47. The van der Waals surface area contributed by atoms with Crippen LogP contribution in [0.15, 0.2) is 0 Å². The number of nitrogens with zero attached hydrogens (tertiary/aromatic N) is 1. The van der Waals surface area contributed by atoms with E-state index in [1.165, 1.54) is 0 Å². The van der Waals surface area contributed by atoms with Crippen LogP contribution in [0.5, 0.6) is 0 Å². The van der Waals surface area contributed by atoms with E-state index in [1.807, 2.05) is 0 Å². The van der Waals surface area contributed by atoms with Crippen LogP contribution in [0.4, 0.5) is 0 Å². The summed E-state index contributed by atoms with van der Waals surface area (Å²) in [6.45, 7) is 10.7. The Labute approximate surface area is 110 Å². The molecule has 0 aliphatic carbocycles. The van der Waals surface area contributed by atoms with Crippen LogP contribution in [0.2, 0.25) is 0 Å². The molecule has 0 aromatic carbocycles. The Morgan fingerprint density at radius 3 is 2.24 bits per heavy atom. The highest BCUT2D eigenvalue weighted by atomic mass is 32.2. The fraction of sp³-hybridized carbons (Fsp3) is 0.923. The van der Waals surface area contributed by atoms with Gasteiger partial charge < -0.3 is 4.90 Å². The number of hydrogen-bond donors (Lipinski definition) is 1. The first kappa shape index (κ1) is 14.8. The van der Waals surface area contributed by atoms with Gasteiger partial charge in [0.25, 0.3) is 0 Å². The molecule has 0 saturated carbocycles. The Bertz CT molecular complexity index is 268. The smallest absolute Gasteiger partial charge is 0.241 e. The molecule has 1 fully saturated rings. The second kappa shape index (κ2) is 6.10. The van der Waals surface area contributed by atoms with Gasteiger partial charge in [0, 0.05) is 11.8 Å². The van der Waals surface area contributed by atoms with Crippen molar-refractivity contribution in [3.63, 3.8) is 0 Å². The first-order chi connectivity index (χ1) is 7.90. The third-order valence-corrected chi connectivity index (χ3v) is 4.17. The molecule has 3 unspecified atom stereocenters. The van der Waals surface area contributed by atoms with Crippen molar-refractivity contribution in [2.45, 2.75) is 52.9 Å². The molecule has 3 nitrogen and oxygen atoms in total. The van der Waals surface area contributed by atoms with E-state index in [2.05, 4.69) is 51.1 Å². The molecule has 1 amide bonds. The quantitative estimate of drug-likeness (QED) is 0.820. The summed E-state index contributed by atoms with van der Waals surface area (Å²) < 4.78 is 0. The lowest BCUT2D eigenvalue weighted by atomic mass is 10.0. The molecule has 4 heteroatoms. The standard InChI is InChI=1S/C13H26N2OS/c1-8(2)11-13(16)15(10(5)7-17-6)12(14-11)9(3)4/h8-12,14H,7H2,1-6H3. The molecule has 1 aliphatic rings. The minimum atomic E-state index is -0.00768.